The van der Waals surface area contributed by atoms with E-state index in [-0.39, 0.29) is 0 Å². The van der Waals surface area contributed by atoms with Crippen molar-refractivity contribution in [2.45, 2.75) is 0 Å². The number of hydrogen-bond acceptors (Lipinski definition) is 2. The molecule has 0 spiro atoms. The van der Waals surface area contributed by atoms with Gasteiger partial charge >= 0.3 is 0 Å². The molecule has 6 heterocycles. The Labute approximate surface area is 630 Å². The second-order valence-corrected chi connectivity index (χ2v) is 29.5. The summed E-state index contributed by atoms with van der Waals surface area (Å²) in [5.74, 6) is 0. The van der Waals surface area contributed by atoms with E-state index in [4.69, 9.17) is 8.83 Å². The quantitative estimate of drug-likeness (QED) is 0.145. The van der Waals surface area contributed by atoms with Crippen molar-refractivity contribution in [1.29, 1.82) is 0 Å². The maximum absolute atomic E-state index is 6.77. The summed E-state index contributed by atoms with van der Waals surface area (Å²) < 4.78 is 23.1. The van der Waals surface area contributed by atoms with Crippen LogP contribution in [0.15, 0.2) is 385 Å². The Kier molecular flexibility index (Phi) is 12.9. The van der Waals surface area contributed by atoms with E-state index in [1.807, 2.05) is 0 Å². The monoisotopic (exact) mass is 1400 g/mol. The van der Waals surface area contributed by atoms with Crippen molar-refractivity contribution < 1.29 is 8.83 Å². The molecule has 0 atom stereocenters. The SMILES string of the molecule is c1ccc(-n2c3ccccc3c3cc(-c4ccc5oc6cccc(-c7ccc8c(c7)c7cc9ccc(-c%10ccc%11c(c%10)c%10cc(-c%12ccc%13oc%14cccc(-c%15ccc%16c(c%15)c%15c%17ccccc%17ccc%15n%16-c%15ccccc%15)c%14c%13c%12)ccc%10n%11-c%10ccccc%10)cc9cc7n8-c7ccccc7)c6c5c4)ccc32)cc1. The van der Waals surface area contributed by atoms with Gasteiger partial charge in [0.2, 0.25) is 0 Å². The predicted octanol–water partition coefficient (Wildman–Crippen LogP) is 28.5. The zero-order valence-corrected chi connectivity index (χ0v) is 59.4. The van der Waals surface area contributed by atoms with Gasteiger partial charge in [-0.2, -0.15) is 0 Å². The first kappa shape index (κ1) is 60.5. The standard InChI is InChI=1S/C104H62N4O2/c1-5-20-74(21-6-1)105-90-32-16-15-29-81(90)82-54-66(39-45-91(82)105)68-43-51-98-88(58-68)103-79(30-17-33-100(103)109-98)71-41-48-94-85(60-71)86-57-70-36-35-64(53-73(70)62-97(86)108(94)77-26-11-4-12-27-77)65-38-46-92-83(55-65)84-56-67(40-47-93(84)106(92)75-22-7-2-8-23-75)69-44-52-99-89(59-69)104-80(31-18-34-101(104)110-99)72-42-49-95-87(61-72)102-78-28-14-13-19-63(78)37-50-96(102)107(95)76-24-9-3-10-25-76/h1-62H. The number of nitrogens with zero attached hydrogens (tertiary/aromatic N) is 4. The third-order valence-electron chi connectivity index (χ3n) is 23.5. The fraction of sp³-hybridized carbons (Fsp3) is 0. The van der Waals surface area contributed by atoms with Gasteiger partial charge in [-0.15, -0.1) is 0 Å². The Morgan fingerprint density at radius 2 is 0.500 bits per heavy atom. The molecule has 24 aromatic rings. The molecule has 18 aromatic carbocycles. The lowest BCUT2D eigenvalue weighted by Crippen LogP contribution is -1.93. The van der Waals surface area contributed by atoms with Gasteiger partial charge in [0.1, 0.15) is 22.3 Å². The average Bonchev–Trinajstić information content (AvgIpc) is 1.58. The first-order chi connectivity index (χ1) is 54.5. The van der Waals surface area contributed by atoms with E-state index in [0.29, 0.717) is 0 Å². The minimum atomic E-state index is 0.862. The maximum atomic E-state index is 6.77. The molecule has 0 aliphatic rings. The molecule has 0 saturated heterocycles. The normalized spacial score (nSPS) is 12.2. The highest BCUT2D eigenvalue weighted by molar-refractivity contribution is 6.24. The van der Waals surface area contributed by atoms with E-state index >= 15 is 0 Å². The van der Waals surface area contributed by atoms with Crippen molar-refractivity contribution in [1.82, 2.24) is 18.3 Å². The molecule has 0 N–H and O–H groups in total. The first-order valence-electron chi connectivity index (χ1n) is 37.8. The number of hydrogen-bond donors (Lipinski definition) is 0. The highest BCUT2D eigenvalue weighted by Crippen LogP contribution is 2.48. The fourth-order valence-electron chi connectivity index (χ4n) is 18.5. The van der Waals surface area contributed by atoms with Crippen molar-refractivity contribution in [2.75, 3.05) is 0 Å². The van der Waals surface area contributed by atoms with Crippen molar-refractivity contribution in [3.8, 4) is 78.4 Å². The van der Waals surface area contributed by atoms with Crippen LogP contribution in [0.5, 0.6) is 0 Å². The van der Waals surface area contributed by atoms with Gasteiger partial charge in [-0.25, -0.2) is 0 Å². The van der Waals surface area contributed by atoms with Crippen LogP contribution in [0.4, 0.5) is 0 Å². The summed E-state index contributed by atoms with van der Waals surface area (Å²) in [6.45, 7) is 0. The topological polar surface area (TPSA) is 46.0 Å². The van der Waals surface area contributed by atoms with Crippen LogP contribution < -0.4 is 0 Å². The van der Waals surface area contributed by atoms with Gasteiger partial charge < -0.3 is 27.1 Å². The van der Waals surface area contributed by atoms with Crippen LogP contribution in [0.3, 0.4) is 0 Å². The smallest absolute Gasteiger partial charge is 0.136 e. The summed E-state index contributed by atoms with van der Waals surface area (Å²) in [6.07, 6.45) is 0. The molecule has 0 bridgehead atoms. The zero-order chi connectivity index (χ0) is 71.8. The molecule has 24 rings (SSSR count). The second kappa shape index (κ2) is 23.4. The number of furan rings is 2. The van der Waals surface area contributed by atoms with E-state index < -0.39 is 0 Å². The second-order valence-electron chi connectivity index (χ2n) is 29.5. The summed E-state index contributed by atoms with van der Waals surface area (Å²) in [6, 6.07) is 138. The number of aromatic nitrogens is 4. The Hall–Kier alpha value is -14.7. The molecule has 0 unspecified atom stereocenters. The van der Waals surface area contributed by atoms with Crippen LogP contribution in [0, 0.1) is 0 Å². The summed E-state index contributed by atoms with van der Waals surface area (Å²) in [5.41, 5.74) is 28.8. The predicted molar refractivity (Wildman–Crippen MR) is 461 cm³/mol. The van der Waals surface area contributed by atoms with Gasteiger partial charge in [0, 0.05) is 87.4 Å². The van der Waals surface area contributed by atoms with Gasteiger partial charge in [0.25, 0.3) is 0 Å². The molecular formula is C104H62N4O2. The molecule has 0 aliphatic heterocycles. The van der Waals surface area contributed by atoms with Crippen molar-refractivity contribution in [3.63, 3.8) is 0 Å². The largest absolute Gasteiger partial charge is 0.456 e. The molecule has 0 fully saturated rings. The molecular weight excluding hydrogens is 1340 g/mol. The van der Waals surface area contributed by atoms with E-state index in [0.717, 1.165) is 144 Å². The van der Waals surface area contributed by atoms with Gasteiger partial charge in [-0.1, -0.05) is 200 Å². The van der Waals surface area contributed by atoms with Gasteiger partial charge in [-0.05, 0) is 253 Å². The third kappa shape index (κ3) is 9.05. The Bertz CT molecular complexity index is 8010. The van der Waals surface area contributed by atoms with E-state index in [2.05, 4.69) is 394 Å². The number of para-hydroxylation sites is 5. The molecule has 0 radical (unpaired) electrons. The van der Waals surface area contributed by atoms with Crippen LogP contribution >= 0.6 is 0 Å². The third-order valence-corrected chi connectivity index (χ3v) is 23.5. The lowest BCUT2D eigenvalue weighted by atomic mass is 9.95. The van der Waals surface area contributed by atoms with E-state index in [9.17, 15) is 0 Å². The highest BCUT2D eigenvalue weighted by atomic mass is 16.3. The van der Waals surface area contributed by atoms with Crippen molar-refractivity contribution >= 4 is 153 Å². The van der Waals surface area contributed by atoms with Crippen LogP contribution in [-0.2, 0) is 0 Å². The Morgan fingerprint density at radius 3 is 1.02 bits per heavy atom. The number of rotatable bonds is 9. The maximum Gasteiger partial charge on any atom is 0.136 e. The molecule has 6 heteroatoms. The molecule has 0 amide bonds. The van der Waals surface area contributed by atoms with Crippen molar-refractivity contribution in [2.24, 2.45) is 0 Å². The lowest BCUT2D eigenvalue weighted by Gasteiger charge is -2.10. The number of benzene rings is 18. The van der Waals surface area contributed by atoms with E-state index in [1.54, 1.807) is 0 Å². The summed E-state index contributed by atoms with van der Waals surface area (Å²) in [4.78, 5) is 0. The Balaban J connectivity index is 0.614. The van der Waals surface area contributed by atoms with Gasteiger partial charge in [0.05, 0.1) is 44.1 Å². The molecule has 510 valence electrons. The minimum absolute atomic E-state index is 0.862. The molecule has 110 heavy (non-hydrogen) atoms. The van der Waals surface area contributed by atoms with Gasteiger partial charge in [0.15, 0.2) is 0 Å². The summed E-state index contributed by atoms with van der Waals surface area (Å²) in [5, 5.41) is 18.9. The number of fused-ring (bicyclic) bond motifs is 21. The van der Waals surface area contributed by atoms with Crippen LogP contribution in [-0.4, -0.2) is 18.3 Å². The minimum Gasteiger partial charge on any atom is -0.456 e. The summed E-state index contributed by atoms with van der Waals surface area (Å²) >= 11 is 0. The molecule has 6 aromatic heterocycles. The Morgan fingerprint density at radius 1 is 0.155 bits per heavy atom. The van der Waals surface area contributed by atoms with Crippen molar-refractivity contribution in [3.05, 3.63) is 376 Å². The lowest BCUT2D eigenvalue weighted by molar-refractivity contribution is 0.668. The van der Waals surface area contributed by atoms with Gasteiger partial charge in [-0.3, -0.25) is 0 Å². The summed E-state index contributed by atoms with van der Waals surface area (Å²) in [7, 11) is 0. The zero-order valence-electron chi connectivity index (χ0n) is 59.4. The molecule has 6 nitrogen and oxygen atoms in total. The molecule has 0 saturated carbocycles. The van der Waals surface area contributed by atoms with Crippen LogP contribution in [0.2, 0.25) is 0 Å². The fourth-order valence-corrected chi connectivity index (χ4v) is 18.5. The van der Waals surface area contributed by atoms with Crippen LogP contribution in [0.25, 0.3) is 231 Å². The average molecular weight is 1400 g/mol. The first-order valence-corrected chi connectivity index (χ1v) is 37.8. The van der Waals surface area contributed by atoms with E-state index in [1.165, 1.54) is 86.7 Å². The highest BCUT2D eigenvalue weighted by Gasteiger charge is 2.24. The van der Waals surface area contributed by atoms with Crippen LogP contribution in [0.1, 0.15) is 0 Å². The molecule has 0 aliphatic carbocycles.